The van der Waals surface area contributed by atoms with Gasteiger partial charge in [0.25, 0.3) is 0 Å². The second-order valence-corrected chi connectivity index (χ2v) is 6.23. The molecule has 2 N–H and O–H groups in total. The van der Waals surface area contributed by atoms with E-state index in [1.165, 1.54) is 49.9 Å². The van der Waals surface area contributed by atoms with Crippen LogP contribution in [0, 0.1) is 5.92 Å². The van der Waals surface area contributed by atoms with Crippen LogP contribution in [0.15, 0.2) is 5.38 Å². The Kier molecular flexibility index (Phi) is 5.34. The first-order valence-electron chi connectivity index (χ1n) is 7.08. The number of hydrogen-bond acceptors (Lipinski definition) is 4. The fraction of sp³-hybridized carbons (Fsp3) is 0.714. The van der Waals surface area contributed by atoms with Crippen molar-refractivity contribution in [2.45, 2.75) is 58.0 Å². The van der Waals surface area contributed by atoms with Gasteiger partial charge in [0, 0.05) is 18.0 Å². The van der Waals surface area contributed by atoms with Crippen LogP contribution in [0.3, 0.4) is 0 Å². The van der Waals surface area contributed by atoms with Crippen molar-refractivity contribution in [2.24, 2.45) is 5.92 Å². The molecule has 2 rings (SSSR count). The van der Waals surface area contributed by atoms with E-state index >= 15 is 0 Å². The molecule has 0 aliphatic heterocycles. The fourth-order valence-electron chi connectivity index (χ4n) is 2.73. The number of carboxylic acids is 1. The Hall–Kier alpha value is -0.940. The second-order valence-electron chi connectivity index (χ2n) is 5.37. The van der Waals surface area contributed by atoms with E-state index in [-0.39, 0.29) is 5.01 Å². The van der Waals surface area contributed by atoms with E-state index in [2.05, 4.69) is 17.2 Å². The molecule has 0 unspecified atom stereocenters. The summed E-state index contributed by atoms with van der Waals surface area (Å²) in [4.78, 5) is 14.9. The molecule has 0 aromatic carbocycles. The van der Waals surface area contributed by atoms with Gasteiger partial charge in [-0.3, -0.25) is 0 Å². The van der Waals surface area contributed by atoms with Gasteiger partial charge in [-0.1, -0.05) is 25.7 Å². The number of nitrogens with zero attached hydrogens (tertiary/aromatic N) is 1. The zero-order valence-corrected chi connectivity index (χ0v) is 12.2. The highest BCUT2D eigenvalue weighted by atomic mass is 32.1. The van der Waals surface area contributed by atoms with E-state index < -0.39 is 5.97 Å². The number of aromatic nitrogens is 1. The van der Waals surface area contributed by atoms with Gasteiger partial charge in [-0.2, -0.15) is 0 Å². The van der Waals surface area contributed by atoms with E-state index in [4.69, 9.17) is 5.11 Å². The van der Waals surface area contributed by atoms with Crippen molar-refractivity contribution in [3.63, 3.8) is 0 Å². The summed E-state index contributed by atoms with van der Waals surface area (Å²) in [7, 11) is 0. The van der Waals surface area contributed by atoms with Crippen LogP contribution in [0.4, 0.5) is 0 Å². The van der Waals surface area contributed by atoms with Crippen molar-refractivity contribution in [3.8, 4) is 0 Å². The Morgan fingerprint density at radius 3 is 2.74 bits per heavy atom. The molecule has 5 heteroatoms. The molecule has 0 amide bonds. The Labute approximate surface area is 118 Å². The first-order valence-corrected chi connectivity index (χ1v) is 7.96. The fourth-order valence-corrected chi connectivity index (χ4v) is 3.38. The molecule has 0 spiro atoms. The molecule has 0 bridgehead atoms. The quantitative estimate of drug-likeness (QED) is 0.813. The van der Waals surface area contributed by atoms with E-state index in [1.807, 2.05) is 5.38 Å². The maximum Gasteiger partial charge on any atom is 0.365 e. The van der Waals surface area contributed by atoms with Crippen LogP contribution in [0.25, 0.3) is 0 Å². The molecule has 0 radical (unpaired) electrons. The molecule has 1 aliphatic rings. The minimum absolute atomic E-state index is 0.180. The van der Waals surface area contributed by atoms with Gasteiger partial charge < -0.3 is 10.4 Å². The van der Waals surface area contributed by atoms with Crippen molar-refractivity contribution >= 4 is 17.3 Å². The van der Waals surface area contributed by atoms with Gasteiger partial charge in [0.1, 0.15) is 0 Å². The Morgan fingerprint density at radius 2 is 2.16 bits per heavy atom. The predicted molar refractivity (Wildman–Crippen MR) is 76.6 cm³/mol. The highest BCUT2D eigenvalue weighted by Gasteiger charge is 2.19. The highest BCUT2D eigenvalue weighted by Crippen LogP contribution is 2.25. The summed E-state index contributed by atoms with van der Waals surface area (Å²) in [6.45, 7) is 2.90. The molecule has 19 heavy (non-hydrogen) atoms. The average molecular weight is 282 g/mol. The summed E-state index contributed by atoms with van der Waals surface area (Å²) in [5.74, 6) is -0.187. The molecule has 1 aliphatic carbocycles. The lowest BCUT2D eigenvalue weighted by Gasteiger charge is -2.23. The Balaban J connectivity index is 1.81. The third kappa shape index (κ3) is 4.28. The SMILES string of the molecule is C[C@H](NCc1csc(C(=O)O)n1)C1CCCCCC1. The zero-order valence-electron chi connectivity index (χ0n) is 11.4. The Morgan fingerprint density at radius 1 is 1.47 bits per heavy atom. The zero-order chi connectivity index (χ0) is 13.7. The smallest absolute Gasteiger partial charge is 0.365 e. The second kappa shape index (κ2) is 7.01. The lowest BCUT2D eigenvalue weighted by Crippen LogP contribution is -2.33. The molecule has 0 saturated heterocycles. The van der Waals surface area contributed by atoms with Crippen LogP contribution in [-0.4, -0.2) is 22.1 Å². The van der Waals surface area contributed by atoms with E-state index in [0.717, 1.165) is 11.6 Å². The predicted octanol–water partition coefficient (Wildman–Crippen LogP) is 3.29. The van der Waals surface area contributed by atoms with Gasteiger partial charge in [-0.25, -0.2) is 9.78 Å². The topological polar surface area (TPSA) is 62.2 Å². The van der Waals surface area contributed by atoms with Crippen molar-refractivity contribution < 1.29 is 9.90 Å². The number of nitrogens with one attached hydrogen (secondary N) is 1. The lowest BCUT2D eigenvalue weighted by atomic mass is 9.93. The van der Waals surface area contributed by atoms with Crippen LogP contribution in [0.2, 0.25) is 0 Å². The number of carbonyl (C=O) groups is 1. The molecule has 1 saturated carbocycles. The number of hydrogen-bond donors (Lipinski definition) is 2. The molecule has 1 atom stereocenters. The maximum atomic E-state index is 10.8. The monoisotopic (exact) mass is 282 g/mol. The Bertz CT molecular complexity index is 411. The van der Waals surface area contributed by atoms with E-state index in [1.54, 1.807) is 0 Å². The average Bonchev–Trinajstić information content (AvgIpc) is 2.70. The van der Waals surface area contributed by atoms with Crippen molar-refractivity contribution in [2.75, 3.05) is 0 Å². The van der Waals surface area contributed by atoms with Crippen molar-refractivity contribution in [3.05, 3.63) is 16.1 Å². The molecular formula is C14H22N2O2S. The molecule has 1 fully saturated rings. The molecule has 1 aromatic rings. The van der Waals surface area contributed by atoms with Crippen LogP contribution >= 0.6 is 11.3 Å². The first-order chi connectivity index (χ1) is 9.16. The van der Waals surface area contributed by atoms with Gasteiger partial charge >= 0.3 is 5.97 Å². The van der Waals surface area contributed by atoms with Crippen molar-refractivity contribution in [1.82, 2.24) is 10.3 Å². The summed E-state index contributed by atoms with van der Waals surface area (Å²) < 4.78 is 0. The standard InChI is InChI=1S/C14H22N2O2S/c1-10(11-6-4-2-3-5-7-11)15-8-12-9-19-13(16-12)14(17)18/h9-11,15H,2-8H2,1H3,(H,17,18)/t10-/m0/s1. The number of carboxylic acid groups (broad SMARTS) is 1. The number of rotatable bonds is 5. The summed E-state index contributed by atoms with van der Waals surface area (Å²) in [6, 6.07) is 0.480. The van der Waals surface area contributed by atoms with Gasteiger partial charge in [-0.15, -0.1) is 11.3 Å². The first kappa shape index (κ1) is 14.5. The third-order valence-corrected chi connectivity index (χ3v) is 4.83. The third-order valence-electron chi connectivity index (χ3n) is 3.95. The van der Waals surface area contributed by atoms with Crippen LogP contribution in [-0.2, 0) is 6.54 Å². The molecular weight excluding hydrogens is 260 g/mol. The van der Waals surface area contributed by atoms with Crippen LogP contribution in [0.1, 0.15) is 60.9 Å². The number of thiazole rings is 1. The normalized spacial score (nSPS) is 19.0. The summed E-state index contributed by atoms with van der Waals surface area (Å²) in [6.07, 6.45) is 8.05. The van der Waals surface area contributed by atoms with Gasteiger partial charge in [0.05, 0.1) is 5.69 Å². The van der Waals surface area contributed by atoms with Gasteiger partial charge in [0.2, 0.25) is 5.01 Å². The number of aromatic carboxylic acids is 1. The molecule has 106 valence electrons. The summed E-state index contributed by atoms with van der Waals surface area (Å²) in [5, 5.41) is 14.3. The van der Waals surface area contributed by atoms with Crippen LogP contribution < -0.4 is 5.32 Å². The highest BCUT2D eigenvalue weighted by molar-refractivity contribution is 7.11. The molecule has 4 nitrogen and oxygen atoms in total. The van der Waals surface area contributed by atoms with Gasteiger partial charge in [0.15, 0.2) is 0 Å². The van der Waals surface area contributed by atoms with Crippen LogP contribution in [0.5, 0.6) is 0 Å². The molecule has 1 heterocycles. The lowest BCUT2D eigenvalue weighted by molar-refractivity contribution is 0.0696. The van der Waals surface area contributed by atoms with E-state index in [0.29, 0.717) is 12.6 Å². The molecule has 1 aromatic heterocycles. The van der Waals surface area contributed by atoms with Crippen molar-refractivity contribution in [1.29, 1.82) is 0 Å². The minimum atomic E-state index is -0.937. The maximum absolute atomic E-state index is 10.8. The van der Waals surface area contributed by atoms with E-state index in [9.17, 15) is 4.79 Å². The van der Waals surface area contributed by atoms with Gasteiger partial charge in [-0.05, 0) is 25.7 Å². The summed E-state index contributed by atoms with van der Waals surface area (Å²) >= 11 is 1.20. The minimum Gasteiger partial charge on any atom is -0.476 e. The summed E-state index contributed by atoms with van der Waals surface area (Å²) in [5.41, 5.74) is 0.836. The largest absolute Gasteiger partial charge is 0.476 e.